The molecule has 9 nitrogen and oxygen atoms in total. The molecule has 1 aliphatic rings. The largest absolute Gasteiger partial charge is 0.477 e. The number of ether oxygens (including phenoxy) is 1. The number of sulfonamides is 1. The van der Waals surface area contributed by atoms with Crippen molar-refractivity contribution in [2.75, 3.05) is 18.5 Å². The molecule has 0 aliphatic carbocycles. The van der Waals surface area contributed by atoms with Crippen molar-refractivity contribution in [2.45, 2.75) is 46.0 Å². The predicted molar refractivity (Wildman–Crippen MR) is 109 cm³/mol. The molecule has 1 aromatic heterocycles. The first-order valence-corrected chi connectivity index (χ1v) is 10.6. The Labute approximate surface area is 165 Å². The fourth-order valence-corrected chi connectivity index (χ4v) is 3.65. The van der Waals surface area contributed by atoms with Gasteiger partial charge in [-0.25, -0.2) is 17.9 Å². The molecule has 0 aromatic carbocycles. The number of carbonyl (C=O) groups excluding carboxylic acids is 1. The fourth-order valence-electron chi connectivity index (χ4n) is 2.71. The van der Waals surface area contributed by atoms with Crippen LogP contribution in [0, 0.1) is 0 Å². The number of nitrogens with two attached hydrogens (primary N) is 1. The van der Waals surface area contributed by atoms with Crippen LogP contribution in [-0.4, -0.2) is 38.5 Å². The van der Waals surface area contributed by atoms with E-state index in [-0.39, 0.29) is 22.6 Å². The normalized spacial score (nSPS) is 15.2. The Balaban J connectivity index is 2.27. The van der Waals surface area contributed by atoms with Crippen LogP contribution in [0.5, 0.6) is 0 Å². The number of pyridine rings is 1. The van der Waals surface area contributed by atoms with Gasteiger partial charge in [-0.1, -0.05) is 27.7 Å². The third-order valence-electron chi connectivity index (χ3n) is 4.16. The maximum Gasteiger partial charge on any atom is 0.333 e. The van der Waals surface area contributed by atoms with Gasteiger partial charge in [-0.15, -0.1) is 0 Å². The van der Waals surface area contributed by atoms with Gasteiger partial charge in [0.1, 0.15) is 0 Å². The molecule has 2 rings (SSSR count). The second-order valence-corrected chi connectivity index (χ2v) is 8.63. The number of aliphatic imine (C=N–C) groups is 1. The first-order valence-electron chi connectivity index (χ1n) is 9.08. The average Bonchev–Trinajstić information content (AvgIpc) is 2.62. The molecular weight excluding hydrogens is 382 g/mol. The molecule has 2 amide bonds. The highest BCUT2D eigenvalue weighted by atomic mass is 32.2. The maximum absolute atomic E-state index is 12.6. The van der Waals surface area contributed by atoms with E-state index < -0.39 is 16.1 Å². The average molecular weight is 410 g/mol. The minimum absolute atomic E-state index is 0.0857. The van der Waals surface area contributed by atoms with Crippen LogP contribution in [-0.2, 0) is 14.8 Å². The number of hydrogen-bond donors (Lipinski definition) is 3. The Morgan fingerprint density at radius 3 is 2.29 bits per heavy atom. The number of aromatic nitrogens is 1. The molecule has 28 heavy (non-hydrogen) atoms. The molecule has 0 unspecified atom stereocenters. The quantitative estimate of drug-likeness (QED) is 0.660. The summed E-state index contributed by atoms with van der Waals surface area (Å²) in [5, 5.41) is 2.66. The van der Waals surface area contributed by atoms with Crippen LogP contribution in [0.15, 0.2) is 28.5 Å². The Bertz CT molecular complexity index is 865. The van der Waals surface area contributed by atoms with Crippen molar-refractivity contribution >= 4 is 27.6 Å². The third-order valence-corrected chi connectivity index (χ3v) is 5.51. The van der Waals surface area contributed by atoms with E-state index in [0.29, 0.717) is 25.3 Å². The summed E-state index contributed by atoms with van der Waals surface area (Å²) < 4.78 is 32.5. The number of urea groups is 1. The van der Waals surface area contributed by atoms with Crippen molar-refractivity contribution in [3.05, 3.63) is 34.6 Å². The number of carbonyl (C=O) groups is 1. The van der Waals surface area contributed by atoms with Crippen LogP contribution in [0.1, 0.15) is 57.1 Å². The summed E-state index contributed by atoms with van der Waals surface area (Å²) >= 11 is 0. The second kappa shape index (κ2) is 9.05. The Kier molecular flexibility index (Phi) is 7.00. The monoisotopic (exact) mass is 409 g/mol. The highest BCUT2D eigenvalue weighted by Gasteiger charge is 2.28. The molecule has 10 heteroatoms. The lowest BCUT2D eigenvalue weighted by Crippen LogP contribution is -2.38. The van der Waals surface area contributed by atoms with Crippen molar-refractivity contribution < 1.29 is 17.9 Å². The lowest BCUT2D eigenvalue weighted by atomic mass is 9.95. The number of amides is 2. The zero-order chi connectivity index (χ0) is 20.9. The van der Waals surface area contributed by atoms with Gasteiger partial charge in [0.25, 0.3) is 10.0 Å². The van der Waals surface area contributed by atoms with Crippen molar-refractivity contribution in [3.8, 4) is 0 Å². The van der Waals surface area contributed by atoms with Gasteiger partial charge in [0.05, 0.1) is 12.3 Å². The SMILES string of the molecule is CC(C)c1cncc(C(C)C)c1NC(=O)NS(=O)(=O)C(=CN)C1=NCCCO1. The van der Waals surface area contributed by atoms with Gasteiger partial charge in [-0.2, -0.15) is 0 Å². The summed E-state index contributed by atoms with van der Waals surface area (Å²) in [7, 11) is -4.25. The molecule has 2 heterocycles. The van der Waals surface area contributed by atoms with Gasteiger partial charge in [-0.3, -0.25) is 9.98 Å². The predicted octanol–water partition coefficient (Wildman–Crippen LogP) is 2.40. The van der Waals surface area contributed by atoms with Crippen molar-refractivity contribution in [2.24, 2.45) is 10.7 Å². The molecule has 0 bridgehead atoms. The van der Waals surface area contributed by atoms with Gasteiger partial charge >= 0.3 is 6.03 Å². The summed E-state index contributed by atoms with van der Waals surface area (Å²) in [5.41, 5.74) is 7.64. The number of rotatable bonds is 6. The summed E-state index contributed by atoms with van der Waals surface area (Å²) in [6.45, 7) is 8.64. The van der Waals surface area contributed by atoms with E-state index in [0.717, 1.165) is 17.3 Å². The zero-order valence-electron chi connectivity index (χ0n) is 16.5. The Morgan fingerprint density at radius 2 is 1.82 bits per heavy atom. The smallest absolute Gasteiger partial charge is 0.333 e. The third kappa shape index (κ3) is 5.00. The van der Waals surface area contributed by atoms with E-state index >= 15 is 0 Å². The summed E-state index contributed by atoms with van der Waals surface area (Å²) in [6.07, 6.45) is 4.88. The molecule has 0 atom stereocenters. The van der Waals surface area contributed by atoms with E-state index in [1.807, 2.05) is 32.4 Å². The number of nitrogens with one attached hydrogen (secondary N) is 2. The molecule has 4 N–H and O–H groups in total. The summed E-state index contributed by atoms with van der Waals surface area (Å²) in [5.74, 6) is 0.0777. The van der Waals surface area contributed by atoms with E-state index in [1.54, 1.807) is 12.4 Å². The second-order valence-electron chi connectivity index (χ2n) is 6.98. The topological polar surface area (TPSA) is 136 Å². The van der Waals surface area contributed by atoms with Crippen LogP contribution in [0.2, 0.25) is 0 Å². The van der Waals surface area contributed by atoms with Gasteiger partial charge in [0.15, 0.2) is 4.91 Å². The lowest BCUT2D eigenvalue weighted by Gasteiger charge is -2.20. The number of hydrogen-bond acceptors (Lipinski definition) is 7. The molecule has 154 valence electrons. The highest BCUT2D eigenvalue weighted by molar-refractivity contribution is 7.94. The molecule has 0 saturated heterocycles. The van der Waals surface area contributed by atoms with E-state index in [4.69, 9.17) is 10.5 Å². The van der Waals surface area contributed by atoms with E-state index in [1.165, 1.54) is 0 Å². The van der Waals surface area contributed by atoms with E-state index in [9.17, 15) is 13.2 Å². The lowest BCUT2D eigenvalue weighted by molar-refractivity contribution is 0.256. The Morgan fingerprint density at radius 1 is 1.21 bits per heavy atom. The van der Waals surface area contributed by atoms with Crippen LogP contribution in [0.25, 0.3) is 0 Å². The number of anilines is 1. The molecule has 0 radical (unpaired) electrons. The highest BCUT2D eigenvalue weighted by Crippen LogP contribution is 2.31. The standard InChI is InChI=1S/C18H27N5O4S/c1-11(2)13-9-20-10-14(12(3)4)16(13)22-18(24)23-28(25,26)15(8-19)17-21-6-5-7-27-17/h8-12H,5-7,19H2,1-4H3,(H2,20,22,23,24). The van der Waals surface area contributed by atoms with Crippen LogP contribution in [0.4, 0.5) is 10.5 Å². The van der Waals surface area contributed by atoms with Crippen LogP contribution >= 0.6 is 0 Å². The summed E-state index contributed by atoms with van der Waals surface area (Å²) in [4.78, 5) is 20.4. The molecule has 0 fully saturated rings. The minimum Gasteiger partial charge on any atom is -0.477 e. The Hall–Kier alpha value is -2.62. The van der Waals surface area contributed by atoms with Crippen molar-refractivity contribution in [3.63, 3.8) is 0 Å². The molecule has 0 saturated carbocycles. The van der Waals surface area contributed by atoms with Gasteiger partial charge in [0, 0.05) is 31.6 Å². The fraction of sp³-hybridized carbons (Fsp3) is 0.500. The molecule has 1 aliphatic heterocycles. The van der Waals surface area contributed by atoms with E-state index in [2.05, 4.69) is 15.3 Å². The molecule has 1 aromatic rings. The van der Waals surface area contributed by atoms with Gasteiger partial charge in [0.2, 0.25) is 5.90 Å². The minimum atomic E-state index is -4.25. The van der Waals surface area contributed by atoms with Crippen molar-refractivity contribution in [1.29, 1.82) is 0 Å². The molecular formula is C18H27N5O4S. The van der Waals surface area contributed by atoms with Gasteiger partial charge < -0.3 is 15.8 Å². The maximum atomic E-state index is 12.6. The van der Waals surface area contributed by atoms with Crippen LogP contribution in [0.3, 0.4) is 0 Å². The number of nitrogens with zero attached hydrogens (tertiary/aromatic N) is 2. The molecule has 0 spiro atoms. The van der Waals surface area contributed by atoms with Crippen molar-refractivity contribution in [1.82, 2.24) is 9.71 Å². The van der Waals surface area contributed by atoms with Crippen LogP contribution < -0.4 is 15.8 Å². The first kappa shape index (κ1) is 21.7. The van der Waals surface area contributed by atoms with Gasteiger partial charge in [-0.05, 0) is 23.0 Å². The first-order chi connectivity index (χ1) is 13.2. The summed E-state index contributed by atoms with van der Waals surface area (Å²) in [6, 6.07) is -0.897. The zero-order valence-corrected chi connectivity index (χ0v) is 17.3.